The van der Waals surface area contributed by atoms with Crippen LogP contribution in [0.4, 0.5) is 0 Å². The molecule has 1 unspecified atom stereocenters. The van der Waals surface area contributed by atoms with E-state index in [2.05, 4.69) is 15.9 Å². The summed E-state index contributed by atoms with van der Waals surface area (Å²) in [6.07, 6.45) is 0.354. The Morgan fingerprint density at radius 2 is 1.59 bits per heavy atom. The van der Waals surface area contributed by atoms with Crippen molar-refractivity contribution in [2.45, 2.75) is 17.0 Å². The molecule has 4 rings (SSSR count). The van der Waals surface area contributed by atoms with Gasteiger partial charge in [0.25, 0.3) is 5.91 Å². The molecule has 1 amide bonds. The van der Waals surface area contributed by atoms with Gasteiger partial charge in [-0.1, -0.05) is 60.7 Å². The number of aliphatic hydroxyl groups is 1. The molecule has 3 nitrogen and oxygen atoms in total. The first-order valence-corrected chi connectivity index (χ1v) is 10.4. The molecule has 136 valence electrons. The average Bonchev–Trinajstić information content (AvgIpc) is 2.90. The van der Waals surface area contributed by atoms with Gasteiger partial charge in [-0.25, -0.2) is 0 Å². The molecular formula is C22H18BrNO2S. The van der Waals surface area contributed by atoms with E-state index >= 15 is 0 Å². The number of thioether (sulfide) groups is 1. The number of amides is 1. The van der Waals surface area contributed by atoms with Crippen LogP contribution in [0.3, 0.4) is 0 Å². The summed E-state index contributed by atoms with van der Waals surface area (Å²) in [4.78, 5) is 15.7. The van der Waals surface area contributed by atoms with Gasteiger partial charge in [0.1, 0.15) is 0 Å². The molecule has 0 fully saturated rings. The third kappa shape index (κ3) is 3.43. The fourth-order valence-corrected chi connectivity index (χ4v) is 5.02. The number of benzene rings is 3. The molecule has 1 aliphatic rings. The van der Waals surface area contributed by atoms with Crippen LogP contribution in [0.1, 0.15) is 21.5 Å². The van der Waals surface area contributed by atoms with E-state index in [9.17, 15) is 9.90 Å². The second-order valence-electron chi connectivity index (χ2n) is 6.46. The summed E-state index contributed by atoms with van der Waals surface area (Å²) < 4.78 is 0.978. The molecule has 3 aromatic rings. The maximum Gasteiger partial charge on any atom is 0.257 e. The molecule has 1 heterocycles. The molecule has 0 aromatic heterocycles. The number of hydrogen-bond acceptors (Lipinski definition) is 3. The summed E-state index contributed by atoms with van der Waals surface area (Å²) >= 11 is 5.07. The average molecular weight is 440 g/mol. The topological polar surface area (TPSA) is 40.5 Å². The molecule has 1 aliphatic heterocycles. The van der Waals surface area contributed by atoms with Crippen molar-refractivity contribution in [1.82, 2.24) is 4.90 Å². The fraction of sp³-hybridized carbons (Fsp3) is 0.136. The molecule has 0 spiro atoms. The predicted octanol–water partition coefficient (Wildman–Crippen LogP) is 5.04. The largest absolute Gasteiger partial charge is 0.366 e. The number of halogens is 1. The second-order valence-corrected chi connectivity index (χ2v) is 8.30. The number of hydrogen-bond donors (Lipinski definition) is 1. The van der Waals surface area contributed by atoms with Gasteiger partial charge in [-0.2, -0.15) is 0 Å². The van der Waals surface area contributed by atoms with Gasteiger partial charge in [0.2, 0.25) is 0 Å². The van der Waals surface area contributed by atoms with E-state index in [4.69, 9.17) is 0 Å². The lowest BCUT2D eigenvalue weighted by molar-refractivity contribution is -0.0747. The van der Waals surface area contributed by atoms with E-state index in [1.807, 2.05) is 72.8 Å². The van der Waals surface area contributed by atoms with Gasteiger partial charge >= 0.3 is 0 Å². The quantitative estimate of drug-likeness (QED) is 0.565. The van der Waals surface area contributed by atoms with Gasteiger partial charge in [0.15, 0.2) is 5.72 Å². The van der Waals surface area contributed by atoms with Crippen molar-refractivity contribution in [3.05, 3.63) is 100 Å². The number of carbonyl (C=O) groups is 1. The summed E-state index contributed by atoms with van der Waals surface area (Å²) in [5, 5.41) is 11.7. The van der Waals surface area contributed by atoms with Gasteiger partial charge in [-0.3, -0.25) is 9.69 Å². The van der Waals surface area contributed by atoms with Crippen LogP contribution in [0.15, 0.2) is 88.2 Å². The van der Waals surface area contributed by atoms with Crippen molar-refractivity contribution in [3.8, 4) is 0 Å². The molecule has 0 aliphatic carbocycles. The summed E-state index contributed by atoms with van der Waals surface area (Å²) in [5.74, 6) is 0.225. The Morgan fingerprint density at radius 3 is 2.37 bits per heavy atom. The van der Waals surface area contributed by atoms with E-state index in [0.29, 0.717) is 23.4 Å². The first-order valence-electron chi connectivity index (χ1n) is 8.65. The molecule has 1 atom stereocenters. The Kier molecular flexibility index (Phi) is 5.08. The van der Waals surface area contributed by atoms with E-state index in [-0.39, 0.29) is 5.91 Å². The van der Waals surface area contributed by atoms with Crippen molar-refractivity contribution in [2.75, 3.05) is 5.88 Å². The van der Waals surface area contributed by atoms with E-state index in [0.717, 1.165) is 14.9 Å². The molecule has 27 heavy (non-hydrogen) atoms. The Morgan fingerprint density at radius 1 is 0.926 bits per heavy atom. The summed E-state index contributed by atoms with van der Waals surface area (Å²) in [6.45, 7) is 0. The van der Waals surface area contributed by atoms with Crippen molar-refractivity contribution in [2.24, 2.45) is 0 Å². The molecule has 1 N–H and O–H groups in total. The first-order chi connectivity index (χ1) is 13.1. The van der Waals surface area contributed by atoms with Gasteiger partial charge < -0.3 is 5.11 Å². The summed E-state index contributed by atoms with van der Waals surface area (Å²) in [5.41, 5.74) is 0.874. The van der Waals surface area contributed by atoms with Crippen LogP contribution in [-0.4, -0.2) is 21.8 Å². The van der Waals surface area contributed by atoms with Gasteiger partial charge in [-0.05, 0) is 39.7 Å². The zero-order chi connectivity index (χ0) is 18.9. The predicted molar refractivity (Wildman–Crippen MR) is 112 cm³/mol. The maximum atomic E-state index is 13.0. The fourth-order valence-electron chi connectivity index (χ4n) is 3.41. The lowest BCUT2D eigenvalue weighted by Crippen LogP contribution is -2.45. The van der Waals surface area contributed by atoms with Crippen LogP contribution in [0.25, 0.3) is 0 Å². The highest BCUT2D eigenvalue weighted by Gasteiger charge is 2.48. The minimum atomic E-state index is -1.36. The van der Waals surface area contributed by atoms with E-state index in [1.54, 1.807) is 11.0 Å². The zero-order valence-electron chi connectivity index (χ0n) is 14.5. The molecule has 0 saturated heterocycles. The van der Waals surface area contributed by atoms with Gasteiger partial charge in [0.05, 0.1) is 5.88 Å². The smallest absolute Gasteiger partial charge is 0.257 e. The Bertz CT molecular complexity index is 979. The molecule has 0 saturated carbocycles. The number of carbonyl (C=O) groups excluding carboxylic acids is 1. The Balaban J connectivity index is 1.68. The molecule has 0 bridgehead atoms. The lowest BCUT2D eigenvalue weighted by atomic mass is 9.94. The third-order valence-electron chi connectivity index (χ3n) is 4.76. The number of nitrogens with zero attached hydrogens (tertiary/aromatic N) is 1. The highest BCUT2D eigenvalue weighted by atomic mass is 79.9. The molecular weight excluding hydrogens is 422 g/mol. The van der Waals surface area contributed by atoms with Crippen LogP contribution in [-0.2, 0) is 12.1 Å². The van der Waals surface area contributed by atoms with Gasteiger partial charge in [-0.15, -0.1) is 11.8 Å². The third-order valence-corrected chi connectivity index (χ3v) is 6.77. The maximum absolute atomic E-state index is 13.0. The number of fused-ring (bicyclic) bond motifs is 1. The van der Waals surface area contributed by atoms with Crippen molar-refractivity contribution >= 4 is 33.6 Å². The minimum Gasteiger partial charge on any atom is -0.366 e. The van der Waals surface area contributed by atoms with Gasteiger partial charge in [0, 0.05) is 26.9 Å². The Hall–Kier alpha value is -2.08. The standard InChI is InChI=1S/C22H18BrNO2S/c23-19-12-6-7-13-20(19)27-15-24-21(25)17-10-4-5-11-18(17)22(24,26)14-16-8-2-1-3-9-16/h1-13,26H,14-15H2. The van der Waals surface area contributed by atoms with Crippen LogP contribution in [0.5, 0.6) is 0 Å². The molecule has 5 heteroatoms. The monoisotopic (exact) mass is 439 g/mol. The zero-order valence-corrected chi connectivity index (χ0v) is 16.9. The van der Waals surface area contributed by atoms with Crippen LogP contribution < -0.4 is 0 Å². The van der Waals surface area contributed by atoms with Crippen LogP contribution >= 0.6 is 27.7 Å². The SMILES string of the molecule is O=C1c2ccccc2C(O)(Cc2ccccc2)N1CSc1ccccc1Br. The van der Waals surface area contributed by atoms with Crippen molar-refractivity contribution in [1.29, 1.82) is 0 Å². The van der Waals surface area contributed by atoms with Crippen molar-refractivity contribution < 1.29 is 9.90 Å². The Labute approximate surface area is 171 Å². The minimum absolute atomic E-state index is 0.136. The lowest BCUT2D eigenvalue weighted by Gasteiger charge is -2.34. The highest BCUT2D eigenvalue weighted by molar-refractivity contribution is 9.10. The number of rotatable bonds is 5. The summed E-state index contributed by atoms with van der Waals surface area (Å²) in [7, 11) is 0. The second kappa shape index (κ2) is 7.50. The molecule has 0 radical (unpaired) electrons. The summed E-state index contributed by atoms with van der Waals surface area (Å²) in [6, 6.07) is 25.0. The molecule has 3 aromatic carbocycles. The highest BCUT2D eigenvalue weighted by Crippen LogP contribution is 2.41. The van der Waals surface area contributed by atoms with Crippen LogP contribution in [0.2, 0.25) is 0 Å². The van der Waals surface area contributed by atoms with E-state index in [1.165, 1.54) is 11.8 Å². The normalized spacial score (nSPS) is 18.6. The first kappa shape index (κ1) is 18.3. The van der Waals surface area contributed by atoms with E-state index < -0.39 is 5.72 Å². The van der Waals surface area contributed by atoms with Crippen molar-refractivity contribution in [3.63, 3.8) is 0 Å². The van der Waals surface area contributed by atoms with Crippen LogP contribution in [0, 0.1) is 0 Å².